The van der Waals surface area contributed by atoms with Gasteiger partial charge in [0, 0.05) is 19.6 Å². The van der Waals surface area contributed by atoms with Crippen molar-refractivity contribution in [2.24, 2.45) is 0 Å². The second-order valence-electron chi connectivity index (χ2n) is 5.39. The maximum Gasteiger partial charge on any atom is 0.253 e. The van der Waals surface area contributed by atoms with Crippen molar-refractivity contribution in [1.82, 2.24) is 15.5 Å². The average molecular weight is 344 g/mol. The van der Waals surface area contributed by atoms with Crippen LogP contribution in [0, 0.1) is 0 Å². The van der Waals surface area contributed by atoms with Crippen LogP contribution in [0.4, 0.5) is 0 Å². The summed E-state index contributed by atoms with van der Waals surface area (Å²) in [5.74, 6) is -0.536. The minimum Gasteiger partial charge on any atom is -0.340 e. The molecule has 1 heterocycles. The molecule has 0 bridgehead atoms. The van der Waals surface area contributed by atoms with Gasteiger partial charge >= 0.3 is 0 Å². The molecule has 2 atom stereocenters. The highest BCUT2D eigenvalue weighted by Crippen LogP contribution is 2.25. The maximum atomic E-state index is 12.4. The van der Waals surface area contributed by atoms with Gasteiger partial charge in [-0.05, 0) is 32.0 Å². The molecular formula is C15H19Cl2N3O2. The van der Waals surface area contributed by atoms with Crippen LogP contribution < -0.4 is 10.6 Å². The molecule has 1 aromatic carbocycles. The fourth-order valence-electron chi connectivity index (χ4n) is 2.47. The van der Waals surface area contributed by atoms with Gasteiger partial charge in [-0.25, -0.2) is 0 Å². The highest BCUT2D eigenvalue weighted by atomic mass is 35.5. The summed E-state index contributed by atoms with van der Waals surface area (Å²) in [5, 5.41) is 6.39. The summed E-state index contributed by atoms with van der Waals surface area (Å²) in [6.45, 7) is 3.35. The van der Waals surface area contributed by atoms with E-state index in [0.717, 1.165) is 19.5 Å². The smallest absolute Gasteiger partial charge is 0.253 e. The SMILES string of the molecule is CC(NC(=O)c1cccc(Cl)c1Cl)C(=O)N(C)C1CCNC1. The van der Waals surface area contributed by atoms with Gasteiger partial charge in [0.1, 0.15) is 6.04 Å². The topological polar surface area (TPSA) is 61.4 Å². The Morgan fingerprint density at radius 3 is 2.77 bits per heavy atom. The summed E-state index contributed by atoms with van der Waals surface area (Å²) in [5.41, 5.74) is 0.263. The van der Waals surface area contributed by atoms with Gasteiger partial charge in [0.2, 0.25) is 5.91 Å². The van der Waals surface area contributed by atoms with Crippen molar-refractivity contribution >= 4 is 35.0 Å². The molecule has 0 radical (unpaired) electrons. The fraction of sp³-hybridized carbons (Fsp3) is 0.467. The van der Waals surface area contributed by atoms with Crippen molar-refractivity contribution in [3.8, 4) is 0 Å². The van der Waals surface area contributed by atoms with E-state index < -0.39 is 11.9 Å². The maximum absolute atomic E-state index is 12.4. The highest BCUT2D eigenvalue weighted by molar-refractivity contribution is 6.43. The van der Waals surface area contributed by atoms with Gasteiger partial charge in [-0.15, -0.1) is 0 Å². The second kappa shape index (κ2) is 7.31. The standard InChI is InChI=1S/C15H19Cl2N3O2/c1-9(15(22)20(2)10-6-7-18-8-10)19-14(21)11-4-3-5-12(16)13(11)17/h3-5,9-10,18H,6-8H2,1-2H3,(H,19,21). The van der Waals surface area contributed by atoms with Crippen molar-refractivity contribution < 1.29 is 9.59 Å². The molecule has 1 fully saturated rings. The van der Waals surface area contributed by atoms with Crippen LogP contribution in [0.3, 0.4) is 0 Å². The molecule has 1 aromatic rings. The van der Waals surface area contributed by atoms with E-state index in [1.54, 1.807) is 37.1 Å². The Bertz CT molecular complexity index is 574. The molecule has 0 saturated carbocycles. The van der Waals surface area contributed by atoms with Gasteiger partial charge in [0.15, 0.2) is 0 Å². The van der Waals surface area contributed by atoms with Crippen LogP contribution >= 0.6 is 23.2 Å². The second-order valence-corrected chi connectivity index (χ2v) is 6.18. The summed E-state index contributed by atoms with van der Waals surface area (Å²) in [6.07, 6.45) is 0.920. The van der Waals surface area contributed by atoms with Crippen molar-refractivity contribution in [3.63, 3.8) is 0 Å². The lowest BCUT2D eigenvalue weighted by Crippen LogP contribution is -2.49. The van der Waals surface area contributed by atoms with Crippen molar-refractivity contribution in [1.29, 1.82) is 0 Å². The number of nitrogens with zero attached hydrogens (tertiary/aromatic N) is 1. The molecular weight excluding hydrogens is 325 g/mol. The molecule has 0 aromatic heterocycles. The number of nitrogens with one attached hydrogen (secondary N) is 2. The van der Waals surface area contributed by atoms with Crippen molar-refractivity contribution in [3.05, 3.63) is 33.8 Å². The van der Waals surface area contributed by atoms with E-state index in [2.05, 4.69) is 10.6 Å². The molecule has 2 rings (SSSR count). The number of rotatable bonds is 4. The first-order valence-corrected chi connectivity index (χ1v) is 7.89. The van der Waals surface area contributed by atoms with E-state index in [1.807, 2.05) is 0 Å². The normalized spacial score (nSPS) is 18.8. The predicted molar refractivity (Wildman–Crippen MR) is 87.4 cm³/mol. The van der Waals surface area contributed by atoms with Crippen LogP contribution in [0.15, 0.2) is 18.2 Å². The van der Waals surface area contributed by atoms with Crippen LogP contribution in [-0.4, -0.2) is 48.9 Å². The zero-order valence-corrected chi connectivity index (χ0v) is 14.0. The first kappa shape index (κ1) is 17.1. The Labute approximate surface area is 139 Å². The number of hydrogen-bond donors (Lipinski definition) is 2. The van der Waals surface area contributed by atoms with Crippen molar-refractivity contribution in [2.75, 3.05) is 20.1 Å². The summed E-state index contributed by atoms with van der Waals surface area (Å²) in [6, 6.07) is 4.36. The Balaban J connectivity index is 2.01. The summed E-state index contributed by atoms with van der Waals surface area (Å²) >= 11 is 11.9. The third kappa shape index (κ3) is 3.72. The Hall–Kier alpha value is -1.30. The molecule has 5 nitrogen and oxygen atoms in total. The first-order chi connectivity index (χ1) is 10.4. The number of amides is 2. The summed E-state index contributed by atoms with van der Waals surface area (Å²) < 4.78 is 0. The van der Waals surface area contributed by atoms with Gasteiger partial charge in [-0.3, -0.25) is 9.59 Å². The zero-order valence-electron chi connectivity index (χ0n) is 12.5. The van der Waals surface area contributed by atoms with Crippen LogP contribution in [-0.2, 0) is 4.79 Å². The van der Waals surface area contributed by atoms with E-state index in [-0.39, 0.29) is 22.5 Å². The van der Waals surface area contributed by atoms with E-state index in [1.165, 1.54) is 0 Å². The van der Waals surface area contributed by atoms with Gasteiger partial charge in [0.05, 0.1) is 15.6 Å². The average Bonchev–Trinajstić information content (AvgIpc) is 3.02. The summed E-state index contributed by atoms with van der Waals surface area (Å²) in [7, 11) is 1.76. The molecule has 1 aliphatic rings. The van der Waals surface area contributed by atoms with Crippen LogP contribution in [0.25, 0.3) is 0 Å². The molecule has 2 N–H and O–H groups in total. The molecule has 0 aliphatic carbocycles. The number of likely N-dealkylation sites (N-methyl/N-ethyl adjacent to an activating group) is 1. The largest absolute Gasteiger partial charge is 0.340 e. The molecule has 120 valence electrons. The minimum absolute atomic E-state index is 0.125. The third-order valence-corrected chi connectivity index (χ3v) is 4.66. The van der Waals surface area contributed by atoms with Crippen LogP contribution in [0.1, 0.15) is 23.7 Å². The van der Waals surface area contributed by atoms with Crippen molar-refractivity contribution in [2.45, 2.75) is 25.4 Å². The fourth-order valence-corrected chi connectivity index (χ4v) is 2.86. The van der Waals surface area contributed by atoms with Crippen LogP contribution in [0.5, 0.6) is 0 Å². The van der Waals surface area contributed by atoms with E-state index in [0.29, 0.717) is 5.02 Å². The quantitative estimate of drug-likeness (QED) is 0.878. The van der Waals surface area contributed by atoms with E-state index >= 15 is 0 Å². The lowest BCUT2D eigenvalue weighted by molar-refractivity contribution is -0.133. The number of halogens is 2. The predicted octanol–water partition coefficient (Wildman–Crippen LogP) is 1.93. The van der Waals surface area contributed by atoms with Crippen LogP contribution in [0.2, 0.25) is 10.0 Å². The minimum atomic E-state index is -0.631. The zero-order chi connectivity index (χ0) is 16.3. The van der Waals surface area contributed by atoms with Gasteiger partial charge < -0.3 is 15.5 Å². The molecule has 1 aliphatic heterocycles. The molecule has 2 amide bonds. The number of carbonyl (C=O) groups excluding carboxylic acids is 2. The molecule has 2 unspecified atom stereocenters. The number of hydrogen-bond acceptors (Lipinski definition) is 3. The molecule has 22 heavy (non-hydrogen) atoms. The van der Waals surface area contributed by atoms with Gasteiger partial charge in [0.25, 0.3) is 5.91 Å². The molecule has 1 saturated heterocycles. The lowest BCUT2D eigenvalue weighted by Gasteiger charge is -2.27. The first-order valence-electron chi connectivity index (χ1n) is 7.14. The van der Waals surface area contributed by atoms with E-state index in [9.17, 15) is 9.59 Å². The van der Waals surface area contributed by atoms with Gasteiger partial charge in [-0.2, -0.15) is 0 Å². The number of benzene rings is 1. The van der Waals surface area contributed by atoms with E-state index in [4.69, 9.17) is 23.2 Å². The molecule has 7 heteroatoms. The lowest BCUT2D eigenvalue weighted by atomic mass is 10.1. The van der Waals surface area contributed by atoms with Gasteiger partial charge in [-0.1, -0.05) is 29.3 Å². The number of carbonyl (C=O) groups is 2. The Kier molecular flexibility index (Phi) is 5.67. The Morgan fingerprint density at radius 2 is 2.14 bits per heavy atom. The molecule has 0 spiro atoms. The summed E-state index contributed by atoms with van der Waals surface area (Å²) in [4.78, 5) is 26.3. The monoisotopic (exact) mass is 343 g/mol. The highest BCUT2D eigenvalue weighted by Gasteiger charge is 2.27. The Morgan fingerprint density at radius 1 is 1.41 bits per heavy atom. The third-order valence-electron chi connectivity index (χ3n) is 3.84.